The molecule has 2 rings (SSSR count). The van der Waals surface area contributed by atoms with Gasteiger partial charge in [0.1, 0.15) is 5.82 Å². The second-order valence-corrected chi connectivity index (χ2v) is 3.71. The van der Waals surface area contributed by atoms with Gasteiger partial charge < -0.3 is 10.3 Å². The van der Waals surface area contributed by atoms with E-state index in [1.54, 1.807) is 17.1 Å². The molecule has 0 aliphatic heterocycles. The Bertz CT molecular complexity index is 442. The minimum absolute atomic E-state index is 0.0419. The van der Waals surface area contributed by atoms with Crippen molar-refractivity contribution in [1.82, 2.24) is 19.3 Å². The predicted molar refractivity (Wildman–Crippen MR) is 57.0 cm³/mol. The van der Waals surface area contributed by atoms with Crippen molar-refractivity contribution in [3.63, 3.8) is 0 Å². The molecule has 2 aromatic rings. The second-order valence-electron chi connectivity index (χ2n) is 3.71. The molecular weight excluding hydrogens is 190 g/mol. The van der Waals surface area contributed by atoms with Gasteiger partial charge in [-0.25, -0.2) is 4.98 Å². The van der Waals surface area contributed by atoms with Gasteiger partial charge in [0, 0.05) is 50.7 Å². The molecule has 0 radical (unpaired) electrons. The van der Waals surface area contributed by atoms with Crippen LogP contribution in [0.25, 0.3) is 0 Å². The molecule has 0 amide bonds. The molecule has 0 aliphatic rings. The Balaban J connectivity index is 2.10. The lowest BCUT2D eigenvalue weighted by Gasteiger charge is -2.08. The average Bonchev–Trinajstić information content (AvgIpc) is 2.77. The van der Waals surface area contributed by atoms with Crippen molar-refractivity contribution >= 4 is 0 Å². The third-order valence-electron chi connectivity index (χ3n) is 2.48. The van der Waals surface area contributed by atoms with Crippen LogP contribution < -0.4 is 5.73 Å². The van der Waals surface area contributed by atoms with E-state index in [0.717, 1.165) is 17.8 Å². The van der Waals surface area contributed by atoms with Crippen LogP contribution in [0.4, 0.5) is 0 Å². The molecule has 15 heavy (non-hydrogen) atoms. The van der Waals surface area contributed by atoms with Gasteiger partial charge in [0.05, 0.1) is 6.20 Å². The zero-order valence-corrected chi connectivity index (χ0v) is 8.96. The summed E-state index contributed by atoms with van der Waals surface area (Å²) in [6.45, 7) is 0. The molecule has 0 bridgehead atoms. The fourth-order valence-corrected chi connectivity index (χ4v) is 1.54. The molecule has 0 fully saturated rings. The molecule has 2 heterocycles. The van der Waals surface area contributed by atoms with Crippen LogP contribution in [0.1, 0.15) is 17.4 Å². The van der Waals surface area contributed by atoms with E-state index in [-0.39, 0.29) is 6.04 Å². The lowest BCUT2D eigenvalue weighted by Crippen LogP contribution is -2.15. The molecular formula is C10H15N5. The first-order valence-corrected chi connectivity index (χ1v) is 4.87. The standard InChI is InChI=1S/C10H15N5/c1-14-4-3-12-10(14)5-9(11)8-6-13-15(2)7-8/h3-4,6-7,9H,5,11H2,1-2H3. The lowest BCUT2D eigenvalue weighted by atomic mass is 10.1. The van der Waals surface area contributed by atoms with Crippen LogP contribution in [0.15, 0.2) is 24.8 Å². The van der Waals surface area contributed by atoms with Crippen molar-refractivity contribution in [2.75, 3.05) is 0 Å². The Kier molecular flexibility index (Phi) is 2.55. The SMILES string of the molecule is Cn1cc(C(N)Cc2nccn2C)cn1. The van der Waals surface area contributed by atoms with Crippen molar-refractivity contribution in [3.8, 4) is 0 Å². The normalized spacial score (nSPS) is 13.0. The van der Waals surface area contributed by atoms with Crippen LogP contribution in [0.2, 0.25) is 0 Å². The first-order valence-electron chi connectivity index (χ1n) is 4.87. The fourth-order valence-electron chi connectivity index (χ4n) is 1.54. The van der Waals surface area contributed by atoms with Gasteiger partial charge in [0.2, 0.25) is 0 Å². The van der Waals surface area contributed by atoms with E-state index in [0.29, 0.717) is 0 Å². The van der Waals surface area contributed by atoms with E-state index in [1.165, 1.54) is 0 Å². The maximum atomic E-state index is 6.06. The summed E-state index contributed by atoms with van der Waals surface area (Å²) < 4.78 is 3.74. The summed E-state index contributed by atoms with van der Waals surface area (Å²) in [7, 11) is 3.86. The topological polar surface area (TPSA) is 61.7 Å². The van der Waals surface area contributed by atoms with Crippen molar-refractivity contribution < 1.29 is 0 Å². The lowest BCUT2D eigenvalue weighted by molar-refractivity contribution is 0.658. The van der Waals surface area contributed by atoms with Gasteiger partial charge >= 0.3 is 0 Å². The van der Waals surface area contributed by atoms with Crippen molar-refractivity contribution in [1.29, 1.82) is 0 Å². The highest BCUT2D eigenvalue weighted by Crippen LogP contribution is 2.13. The second kappa shape index (κ2) is 3.86. The summed E-state index contributed by atoms with van der Waals surface area (Å²) in [6.07, 6.45) is 8.17. The van der Waals surface area contributed by atoms with Gasteiger partial charge in [-0.15, -0.1) is 0 Å². The van der Waals surface area contributed by atoms with E-state index in [4.69, 9.17) is 5.73 Å². The van der Waals surface area contributed by atoms with E-state index in [2.05, 4.69) is 10.1 Å². The molecule has 0 spiro atoms. The number of aromatic nitrogens is 4. The van der Waals surface area contributed by atoms with Gasteiger partial charge in [0.25, 0.3) is 0 Å². The Morgan fingerprint density at radius 3 is 2.80 bits per heavy atom. The molecule has 0 saturated carbocycles. The molecule has 80 valence electrons. The highest BCUT2D eigenvalue weighted by Gasteiger charge is 2.11. The Morgan fingerprint density at radius 2 is 2.27 bits per heavy atom. The number of rotatable bonds is 3. The van der Waals surface area contributed by atoms with E-state index >= 15 is 0 Å². The molecule has 2 aromatic heterocycles. The monoisotopic (exact) mass is 205 g/mol. The number of nitrogens with two attached hydrogens (primary N) is 1. The van der Waals surface area contributed by atoms with Crippen molar-refractivity contribution in [2.45, 2.75) is 12.5 Å². The average molecular weight is 205 g/mol. The number of aryl methyl sites for hydroxylation is 2. The minimum Gasteiger partial charge on any atom is -0.338 e. The molecule has 0 saturated heterocycles. The van der Waals surface area contributed by atoms with Crippen molar-refractivity contribution in [3.05, 3.63) is 36.2 Å². The molecule has 5 heteroatoms. The van der Waals surface area contributed by atoms with Gasteiger partial charge in [0.15, 0.2) is 0 Å². The van der Waals surface area contributed by atoms with Gasteiger partial charge in [-0.1, -0.05) is 0 Å². The maximum Gasteiger partial charge on any atom is 0.110 e. The zero-order valence-electron chi connectivity index (χ0n) is 8.96. The summed E-state index contributed by atoms with van der Waals surface area (Å²) >= 11 is 0. The fraction of sp³-hybridized carbons (Fsp3) is 0.400. The third-order valence-corrected chi connectivity index (χ3v) is 2.48. The van der Waals surface area contributed by atoms with Crippen LogP contribution in [0, 0.1) is 0 Å². The first-order chi connectivity index (χ1) is 7.16. The predicted octanol–water partition coefficient (Wildman–Crippen LogP) is 0.396. The van der Waals surface area contributed by atoms with Gasteiger partial charge in [-0.05, 0) is 0 Å². The largest absolute Gasteiger partial charge is 0.338 e. The van der Waals surface area contributed by atoms with Crippen LogP contribution >= 0.6 is 0 Å². The van der Waals surface area contributed by atoms with E-state index in [1.807, 2.05) is 31.1 Å². The molecule has 2 N–H and O–H groups in total. The van der Waals surface area contributed by atoms with Crippen LogP contribution in [-0.4, -0.2) is 19.3 Å². The van der Waals surface area contributed by atoms with E-state index in [9.17, 15) is 0 Å². The summed E-state index contributed by atoms with van der Waals surface area (Å²) in [5.74, 6) is 0.992. The van der Waals surface area contributed by atoms with Crippen LogP contribution in [-0.2, 0) is 20.5 Å². The van der Waals surface area contributed by atoms with E-state index < -0.39 is 0 Å². The van der Waals surface area contributed by atoms with Crippen LogP contribution in [0.3, 0.4) is 0 Å². The quantitative estimate of drug-likeness (QED) is 0.788. The smallest absolute Gasteiger partial charge is 0.110 e. The molecule has 1 atom stereocenters. The molecule has 0 aromatic carbocycles. The Labute approximate surface area is 88.5 Å². The summed E-state index contributed by atoms with van der Waals surface area (Å²) in [4.78, 5) is 4.24. The number of nitrogens with zero attached hydrogens (tertiary/aromatic N) is 4. The molecule has 5 nitrogen and oxygen atoms in total. The maximum absolute atomic E-state index is 6.06. The molecule has 1 unspecified atom stereocenters. The number of imidazole rings is 1. The van der Waals surface area contributed by atoms with Gasteiger partial charge in [-0.2, -0.15) is 5.10 Å². The number of hydrogen-bond acceptors (Lipinski definition) is 3. The molecule has 0 aliphatic carbocycles. The first kappa shape index (κ1) is 9.92. The Hall–Kier alpha value is -1.62. The third kappa shape index (κ3) is 2.07. The van der Waals surface area contributed by atoms with Gasteiger partial charge in [-0.3, -0.25) is 4.68 Å². The highest BCUT2D eigenvalue weighted by molar-refractivity contribution is 5.12. The van der Waals surface area contributed by atoms with Crippen molar-refractivity contribution in [2.24, 2.45) is 19.8 Å². The van der Waals surface area contributed by atoms with Crippen LogP contribution in [0.5, 0.6) is 0 Å². The summed E-state index contributed by atoms with van der Waals surface area (Å²) in [5, 5.41) is 4.10. The summed E-state index contributed by atoms with van der Waals surface area (Å²) in [5.41, 5.74) is 7.10. The Morgan fingerprint density at radius 1 is 1.47 bits per heavy atom. The number of hydrogen-bond donors (Lipinski definition) is 1. The minimum atomic E-state index is -0.0419. The highest BCUT2D eigenvalue weighted by atomic mass is 15.2. The summed E-state index contributed by atoms with van der Waals surface area (Å²) in [6, 6.07) is -0.0419. The zero-order chi connectivity index (χ0) is 10.8.